The molecule has 1 N–H and O–H groups in total. The van der Waals surface area contributed by atoms with Crippen LogP contribution in [0.25, 0.3) is 11.3 Å². The monoisotopic (exact) mass is 478 g/mol. The van der Waals surface area contributed by atoms with Crippen LogP contribution in [0.15, 0.2) is 52.8 Å². The number of anilines is 1. The van der Waals surface area contributed by atoms with Crippen LogP contribution in [0.1, 0.15) is 19.3 Å². The minimum Gasteiger partial charge on any atom is -0.494 e. The molecular weight excluding hydrogens is 452 g/mol. The van der Waals surface area contributed by atoms with E-state index >= 15 is 0 Å². The van der Waals surface area contributed by atoms with Crippen molar-refractivity contribution in [3.63, 3.8) is 0 Å². The zero-order valence-electron chi connectivity index (χ0n) is 19.0. The van der Waals surface area contributed by atoms with E-state index in [2.05, 4.69) is 15.3 Å². The summed E-state index contributed by atoms with van der Waals surface area (Å²) < 4.78 is 13.2. The summed E-state index contributed by atoms with van der Waals surface area (Å²) in [5.74, 6) is 1.45. The maximum absolute atomic E-state index is 12.0. The minimum atomic E-state index is -0.162. The number of nitrogens with zero attached hydrogens (tertiary/aromatic N) is 3. The summed E-state index contributed by atoms with van der Waals surface area (Å²) >= 11 is 1.55. The van der Waals surface area contributed by atoms with Crippen molar-refractivity contribution in [2.24, 2.45) is 4.99 Å². The molecule has 0 unspecified atom stereocenters. The number of aromatic nitrogens is 1. The first-order valence-electron chi connectivity index (χ1n) is 11.3. The second-order valence-corrected chi connectivity index (χ2v) is 9.06. The van der Waals surface area contributed by atoms with Crippen molar-refractivity contribution >= 4 is 34.5 Å². The van der Waals surface area contributed by atoms with Gasteiger partial charge in [0.25, 0.3) is 5.91 Å². The lowest BCUT2D eigenvalue weighted by atomic mass is 10.1. The first-order valence-corrected chi connectivity index (χ1v) is 12.2. The fourth-order valence-electron chi connectivity index (χ4n) is 4.29. The molecule has 0 saturated carbocycles. The minimum absolute atomic E-state index is 0.0297. The molecular formula is C25H26N4O4S. The van der Waals surface area contributed by atoms with Gasteiger partial charge in [-0.1, -0.05) is 12.1 Å². The second-order valence-electron chi connectivity index (χ2n) is 8.22. The largest absolute Gasteiger partial charge is 0.494 e. The Bertz CT molecular complexity index is 1300. The molecule has 2 amide bonds. The van der Waals surface area contributed by atoms with Crippen molar-refractivity contribution in [2.75, 3.05) is 32.1 Å². The number of thiazole rings is 1. The average Bonchev–Trinajstić information content (AvgIpc) is 3.45. The molecule has 9 heteroatoms. The summed E-state index contributed by atoms with van der Waals surface area (Å²) in [4.78, 5) is 31.5. The van der Waals surface area contributed by atoms with Gasteiger partial charge in [-0.3, -0.25) is 9.59 Å². The third kappa shape index (κ3) is 4.56. The summed E-state index contributed by atoms with van der Waals surface area (Å²) in [6.07, 6.45) is 2.40. The quantitative estimate of drug-likeness (QED) is 0.560. The van der Waals surface area contributed by atoms with Gasteiger partial charge in [-0.05, 0) is 43.2 Å². The van der Waals surface area contributed by atoms with E-state index in [0.717, 1.165) is 47.7 Å². The number of ether oxygens (including phenoxy) is 2. The molecule has 0 aliphatic carbocycles. The van der Waals surface area contributed by atoms with Crippen LogP contribution in [-0.4, -0.2) is 48.1 Å². The Morgan fingerprint density at radius 1 is 1.18 bits per heavy atom. The van der Waals surface area contributed by atoms with E-state index in [-0.39, 0.29) is 18.4 Å². The lowest BCUT2D eigenvalue weighted by Crippen LogP contribution is -2.27. The smallest absolute Gasteiger partial charge is 0.262 e. The fourth-order valence-corrected chi connectivity index (χ4v) is 5.24. The maximum Gasteiger partial charge on any atom is 0.262 e. The Kier molecular flexibility index (Phi) is 6.35. The van der Waals surface area contributed by atoms with Crippen molar-refractivity contribution in [3.8, 4) is 22.8 Å². The van der Waals surface area contributed by atoms with E-state index in [4.69, 9.17) is 14.5 Å². The number of amides is 2. The summed E-state index contributed by atoms with van der Waals surface area (Å²) in [7, 11) is 1.64. The molecule has 1 fully saturated rings. The van der Waals surface area contributed by atoms with Crippen LogP contribution in [0.4, 0.5) is 11.4 Å². The molecule has 2 aromatic carbocycles. The number of carbonyl (C=O) groups excluding carboxylic acids is 2. The van der Waals surface area contributed by atoms with Gasteiger partial charge in [0, 0.05) is 37.0 Å². The molecule has 5 rings (SSSR count). The highest BCUT2D eigenvalue weighted by molar-refractivity contribution is 7.07. The van der Waals surface area contributed by atoms with E-state index in [1.54, 1.807) is 18.4 Å². The van der Waals surface area contributed by atoms with E-state index in [1.807, 2.05) is 47.4 Å². The number of hydrogen-bond donors (Lipinski definition) is 1. The Morgan fingerprint density at radius 3 is 2.88 bits per heavy atom. The summed E-state index contributed by atoms with van der Waals surface area (Å²) in [5.41, 5.74) is 3.37. The fraction of sp³-hybridized carbons (Fsp3) is 0.320. The molecule has 3 aromatic rings. The highest BCUT2D eigenvalue weighted by atomic mass is 32.1. The lowest BCUT2D eigenvalue weighted by molar-refractivity contribution is -0.127. The van der Waals surface area contributed by atoms with Crippen LogP contribution < -0.4 is 19.6 Å². The summed E-state index contributed by atoms with van der Waals surface area (Å²) in [6, 6.07) is 13.5. The summed E-state index contributed by atoms with van der Waals surface area (Å²) in [6.45, 7) is 2.30. The Labute approximate surface area is 201 Å². The SMILES string of the molecule is COc1ccccc1N=c1scc(-c2ccc3c(c2)NC(=O)CO3)n1CCCN1CCCC1=O. The van der Waals surface area contributed by atoms with Crippen LogP contribution in [0.2, 0.25) is 0 Å². The van der Waals surface area contributed by atoms with Crippen molar-refractivity contribution in [1.82, 2.24) is 9.47 Å². The maximum atomic E-state index is 12.0. The number of benzene rings is 2. The van der Waals surface area contributed by atoms with Crippen molar-refractivity contribution in [2.45, 2.75) is 25.8 Å². The third-order valence-corrected chi connectivity index (χ3v) is 6.85. The number of nitrogens with one attached hydrogen (secondary N) is 1. The number of hydrogen-bond acceptors (Lipinski definition) is 6. The molecule has 176 valence electrons. The number of fused-ring (bicyclic) bond motifs is 1. The number of likely N-dealkylation sites (tertiary alicyclic amines) is 1. The van der Waals surface area contributed by atoms with Gasteiger partial charge in [0.2, 0.25) is 5.91 Å². The molecule has 2 aliphatic heterocycles. The first-order chi connectivity index (χ1) is 16.6. The number of methoxy groups -OCH3 is 1. The van der Waals surface area contributed by atoms with E-state index in [0.29, 0.717) is 30.2 Å². The Balaban J connectivity index is 1.51. The molecule has 0 bridgehead atoms. The molecule has 2 aliphatic rings. The third-order valence-electron chi connectivity index (χ3n) is 5.99. The topological polar surface area (TPSA) is 85.2 Å². The number of para-hydroxylation sites is 2. The van der Waals surface area contributed by atoms with Gasteiger partial charge in [0.15, 0.2) is 11.4 Å². The van der Waals surface area contributed by atoms with E-state index in [1.165, 1.54) is 0 Å². The van der Waals surface area contributed by atoms with Crippen molar-refractivity contribution in [3.05, 3.63) is 52.6 Å². The predicted octanol–water partition coefficient (Wildman–Crippen LogP) is 3.80. The van der Waals surface area contributed by atoms with Gasteiger partial charge >= 0.3 is 0 Å². The zero-order valence-corrected chi connectivity index (χ0v) is 19.8. The molecule has 0 atom stereocenters. The van der Waals surface area contributed by atoms with Crippen molar-refractivity contribution < 1.29 is 19.1 Å². The number of rotatable bonds is 7. The normalized spacial score (nSPS) is 15.8. The molecule has 0 radical (unpaired) electrons. The van der Waals surface area contributed by atoms with Gasteiger partial charge in [-0.15, -0.1) is 11.3 Å². The van der Waals surface area contributed by atoms with E-state index < -0.39 is 0 Å². The summed E-state index contributed by atoms with van der Waals surface area (Å²) in [5, 5.41) is 4.95. The standard InChI is InChI=1S/C25H26N4O4S/c1-32-21-7-3-2-6-18(21)27-25-29(13-5-12-28-11-4-8-24(28)31)20(16-34-25)17-9-10-22-19(14-17)26-23(30)15-33-22/h2-3,6-7,9-10,14,16H,4-5,8,11-13,15H2,1H3,(H,26,30). The van der Waals surface area contributed by atoms with Crippen LogP contribution in [0, 0.1) is 0 Å². The molecule has 1 saturated heterocycles. The molecule has 34 heavy (non-hydrogen) atoms. The second kappa shape index (κ2) is 9.72. The van der Waals surface area contributed by atoms with Gasteiger partial charge in [-0.25, -0.2) is 4.99 Å². The van der Waals surface area contributed by atoms with Crippen LogP contribution in [0.3, 0.4) is 0 Å². The highest BCUT2D eigenvalue weighted by Crippen LogP contribution is 2.33. The Hall–Kier alpha value is -3.59. The molecule has 1 aromatic heterocycles. The predicted molar refractivity (Wildman–Crippen MR) is 131 cm³/mol. The molecule has 0 spiro atoms. The van der Waals surface area contributed by atoms with Gasteiger partial charge < -0.3 is 24.3 Å². The first kappa shape index (κ1) is 22.2. The Morgan fingerprint density at radius 2 is 2.06 bits per heavy atom. The lowest BCUT2D eigenvalue weighted by Gasteiger charge is -2.19. The van der Waals surface area contributed by atoms with Crippen LogP contribution in [-0.2, 0) is 16.1 Å². The van der Waals surface area contributed by atoms with Crippen LogP contribution in [0.5, 0.6) is 11.5 Å². The highest BCUT2D eigenvalue weighted by Gasteiger charge is 2.20. The van der Waals surface area contributed by atoms with Crippen LogP contribution >= 0.6 is 11.3 Å². The zero-order chi connectivity index (χ0) is 23.5. The van der Waals surface area contributed by atoms with Crippen molar-refractivity contribution in [1.29, 1.82) is 0 Å². The average molecular weight is 479 g/mol. The van der Waals surface area contributed by atoms with Gasteiger partial charge in [-0.2, -0.15) is 0 Å². The molecule has 3 heterocycles. The van der Waals surface area contributed by atoms with Gasteiger partial charge in [0.1, 0.15) is 17.2 Å². The van der Waals surface area contributed by atoms with E-state index in [9.17, 15) is 9.59 Å². The molecule has 8 nitrogen and oxygen atoms in total. The van der Waals surface area contributed by atoms with Gasteiger partial charge in [0.05, 0.1) is 18.5 Å². The number of carbonyl (C=O) groups is 2.